The van der Waals surface area contributed by atoms with E-state index in [0.29, 0.717) is 19.0 Å². The average molecular weight is 391 g/mol. The molecule has 0 radical (unpaired) electrons. The molecule has 1 saturated carbocycles. The number of anilines is 1. The van der Waals surface area contributed by atoms with Crippen LogP contribution in [0.2, 0.25) is 0 Å². The summed E-state index contributed by atoms with van der Waals surface area (Å²) in [5.74, 6) is -1.69. The second kappa shape index (κ2) is 6.16. The molecule has 0 spiro atoms. The number of pyridine rings is 1. The molecule has 1 aromatic carbocycles. The monoisotopic (exact) mass is 391 g/mol. The quantitative estimate of drug-likeness (QED) is 0.782. The molecule has 0 bridgehead atoms. The van der Waals surface area contributed by atoms with Crippen molar-refractivity contribution in [3.05, 3.63) is 34.1 Å². The molecule has 2 unspecified atom stereocenters. The molecule has 148 valence electrons. The summed E-state index contributed by atoms with van der Waals surface area (Å²) in [5, 5.41) is 12.0. The van der Waals surface area contributed by atoms with Crippen molar-refractivity contribution in [2.45, 2.75) is 31.3 Å². The fraction of sp³-hybridized carbons (Fsp3) is 0.474. The van der Waals surface area contributed by atoms with E-state index in [1.807, 2.05) is 0 Å². The largest absolute Gasteiger partial charge is 0.511 e. The standard InChI is InChI=1S/C19H19F2N3O4/c20-12-5-11-16(15(21)17(12)23-6-9-3-4-22-13(9)7-23)24(10-1-2-10)8-14(18(11)25)28-19(26)27/h5,8-10,13,22H,1-4,6-7H2,(H,26,27). The van der Waals surface area contributed by atoms with E-state index in [2.05, 4.69) is 10.1 Å². The lowest BCUT2D eigenvalue weighted by Gasteiger charge is -2.23. The normalized spacial score (nSPS) is 24.0. The van der Waals surface area contributed by atoms with Gasteiger partial charge in [0, 0.05) is 25.2 Å². The van der Waals surface area contributed by atoms with Crippen molar-refractivity contribution in [1.82, 2.24) is 9.88 Å². The number of halogens is 2. The van der Waals surface area contributed by atoms with Crippen LogP contribution in [0.3, 0.4) is 0 Å². The number of benzene rings is 1. The number of ether oxygens (including phenoxy) is 1. The van der Waals surface area contributed by atoms with Gasteiger partial charge in [0.1, 0.15) is 11.5 Å². The van der Waals surface area contributed by atoms with E-state index < -0.39 is 29.0 Å². The molecular weight excluding hydrogens is 372 g/mol. The van der Waals surface area contributed by atoms with E-state index in [1.54, 1.807) is 4.90 Å². The van der Waals surface area contributed by atoms with Gasteiger partial charge < -0.3 is 24.6 Å². The van der Waals surface area contributed by atoms with Crippen LogP contribution in [0, 0.1) is 17.6 Å². The topological polar surface area (TPSA) is 83.8 Å². The number of nitrogens with one attached hydrogen (secondary N) is 1. The molecule has 0 amide bonds. The molecule has 3 aliphatic rings. The lowest BCUT2D eigenvalue weighted by Crippen LogP contribution is -2.31. The van der Waals surface area contributed by atoms with Crippen molar-refractivity contribution in [1.29, 1.82) is 0 Å². The van der Waals surface area contributed by atoms with Crippen LogP contribution >= 0.6 is 0 Å². The summed E-state index contributed by atoms with van der Waals surface area (Å²) >= 11 is 0. The fourth-order valence-corrected chi connectivity index (χ4v) is 4.54. The maximum Gasteiger partial charge on any atom is 0.511 e. The molecule has 2 N–H and O–H groups in total. The van der Waals surface area contributed by atoms with Crippen LogP contribution in [-0.2, 0) is 0 Å². The van der Waals surface area contributed by atoms with E-state index in [9.17, 15) is 14.0 Å². The van der Waals surface area contributed by atoms with Crippen molar-refractivity contribution in [2.24, 2.45) is 5.92 Å². The van der Waals surface area contributed by atoms with Gasteiger partial charge in [-0.05, 0) is 37.8 Å². The second-order valence-corrected chi connectivity index (χ2v) is 7.76. The third kappa shape index (κ3) is 2.64. The molecule has 2 aromatic rings. The van der Waals surface area contributed by atoms with Gasteiger partial charge >= 0.3 is 6.16 Å². The Hall–Kier alpha value is -2.68. The van der Waals surface area contributed by atoms with Crippen molar-refractivity contribution >= 4 is 22.7 Å². The fourth-order valence-electron chi connectivity index (χ4n) is 4.54. The smallest absolute Gasteiger partial charge is 0.449 e. The Morgan fingerprint density at radius 3 is 2.71 bits per heavy atom. The minimum Gasteiger partial charge on any atom is -0.449 e. The zero-order valence-electron chi connectivity index (χ0n) is 15.0. The summed E-state index contributed by atoms with van der Waals surface area (Å²) in [5.41, 5.74) is -0.949. The average Bonchev–Trinajstić information content (AvgIpc) is 3.26. The van der Waals surface area contributed by atoms with Crippen LogP contribution in [0.1, 0.15) is 25.3 Å². The number of nitrogens with zero attached hydrogens (tertiary/aromatic N) is 2. The molecule has 7 nitrogen and oxygen atoms in total. The van der Waals surface area contributed by atoms with E-state index in [1.165, 1.54) is 10.8 Å². The molecule has 5 rings (SSSR count). The van der Waals surface area contributed by atoms with E-state index in [4.69, 9.17) is 5.11 Å². The number of aromatic nitrogens is 1. The second-order valence-electron chi connectivity index (χ2n) is 7.76. The van der Waals surface area contributed by atoms with E-state index in [0.717, 1.165) is 31.9 Å². The number of carbonyl (C=O) groups is 1. The molecule has 2 aliphatic heterocycles. The van der Waals surface area contributed by atoms with Gasteiger partial charge in [-0.2, -0.15) is 0 Å². The van der Waals surface area contributed by atoms with Gasteiger partial charge in [0.2, 0.25) is 5.43 Å². The third-order valence-electron chi connectivity index (χ3n) is 5.97. The molecule has 3 heterocycles. The Morgan fingerprint density at radius 2 is 2.04 bits per heavy atom. The Labute approximate surface area is 158 Å². The summed E-state index contributed by atoms with van der Waals surface area (Å²) in [7, 11) is 0. The predicted molar refractivity (Wildman–Crippen MR) is 97.2 cm³/mol. The zero-order valence-corrected chi connectivity index (χ0v) is 15.0. The number of hydrogen-bond acceptors (Lipinski definition) is 5. The third-order valence-corrected chi connectivity index (χ3v) is 5.97. The van der Waals surface area contributed by atoms with Crippen LogP contribution in [0.25, 0.3) is 10.9 Å². The highest BCUT2D eigenvalue weighted by Crippen LogP contribution is 2.41. The van der Waals surface area contributed by atoms with Crippen molar-refractivity contribution in [3.8, 4) is 5.75 Å². The number of hydrogen-bond donors (Lipinski definition) is 2. The highest BCUT2D eigenvalue weighted by Gasteiger charge is 2.39. The van der Waals surface area contributed by atoms with Crippen LogP contribution in [0.15, 0.2) is 17.1 Å². The number of fused-ring (bicyclic) bond motifs is 2. The van der Waals surface area contributed by atoms with Crippen LogP contribution in [0.4, 0.5) is 19.3 Å². The van der Waals surface area contributed by atoms with Crippen molar-refractivity contribution in [3.63, 3.8) is 0 Å². The summed E-state index contributed by atoms with van der Waals surface area (Å²) in [6.45, 7) is 1.99. The summed E-state index contributed by atoms with van der Waals surface area (Å²) in [6.07, 6.45) is 2.10. The van der Waals surface area contributed by atoms with Crippen LogP contribution in [-0.4, -0.2) is 41.5 Å². The van der Waals surface area contributed by atoms with E-state index >= 15 is 4.39 Å². The molecule has 1 aromatic heterocycles. The first-order chi connectivity index (χ1) is 13.4. The Kier molecular flexibility index (Phi) is 3.84. The molecular formula is C19H19F2N3O4. The van der Waals surface area contributed by atoms with E-state index in [-0.39, 0.29) is 28.7 Å². The summed E-state index contributed by atoms with van der Waals surface area (Å²) < 4.78 is 36.6. The predicted octanol–water partition coefficient (Wildman–Crippen LogP) is 2.47. The maximum atomic E-state index is 15.6. The number of rotatable bonds is 3. The van der Waals surface area contributed by atoms with Gasteiger partial charge in [-0.15, -0.1) is 0 Å². The SMILES string of the molecule is O=C(O)Oc1cn(C2CC2)c2c(F)c(N3CC4CCNC4C3)c(F)cc2c1=O. The van der Waals surface area contributed by atoms with Gasteiger partial charge in [-0.25, -0.2) is 13.6 Å². The first-order valence-electron chi connectivity index (χ1n) is 9.40. The highest BCUT2D eigenvalue weighted by atomic mass is 19.1. The van der Waals surface area contributed by atoms with Crippen molar-refractivity contribution < 1.29 is 23.4 Å². The maximum absolute atomic E-state index is 15.6. The van der Waals surface area contributed by atoms with Gasteiger partial charge in [-0.3, -0.25) is 4.79 Å². The lowest BCUT2D eigenvalue weighted by molar-refractivity contribution is 0.143. The minimum atomic E-state index is -1.65. The van der Waals surface area contributed by atoms with Gasteiger partial charge in [0.15, 0.2) is 11.6 Å². The molecule has 2 atom stereocenters. The molecule has 3 fully saturated rings. The summed E-state index contributed by atoms with van der Waals surface area (Å²) in [6, 6.07) is 1.16. The molecule has 28 heavy (non-hydrogen) atoms. The highest BCUT2D eigenvalue weighted by molar-refractivity contribution is 5.86. The Bertz CT molecular complexity index is 1040. The van der Waals surface area contributed by atoms with Gasteiger partial charge in [0.25, 0.3) is 0 Å². The lowest BCUT2D eigenvalue weighted by atomic mass is 10.1. The minimum absolute atomic E-state index is 0.00616. The first-order valence-corrected chi connectivity index (χ1v) is 9.40. The molecule has 9 heteroatoms. The van der Waals surface area contributed by atoms with Gasteiger partial charge in [0.05, 0.1) is 17.1 Å². The summed E-state index contributed by atoms with van der Waals surface area (Å²) in [4.78, 5) is 25.2. The molecule has 2 saturated heterocycles. The first kappa shape index (κ1) is 17.4. The number of carboxylic acid groups (broad SMARTS) is 1. The zero-order chi connectivity index (χ0) is 19.6. The van der Waals surface area contributed by atoms with Crippen LogP contribution < -0.4 is 20.4 Å². The van der Waals surface area contributed by atoms with Gasteiger partial charge in [-0.1, -0.05) is 0 Å². The molecule has 1 aliphatic carbocycles. The Morgan fingerprint density at radius 1 is 1.25 bits per heavy atom. The Balaban J connectivity index is 1.69. The van der Waals surface area contributed by atoms with Crippen molar-refractivity contribution in [2.75, 3.05) is 24.5 Å². The van der Waals surface area contributed by atoms with Crippen LogP contribution in [0.5, 0.6) is 5.75 Å².